The summed E-state index contributed by atoms with van der Waals surface area (Å²) in [5, 5.41) is 7.18. The molecule has 2 aromatic heterocycles. The molecule has 7 nitrogen and oxygen atoms in total. The summed E-state index contributed by atoms with van der Waals surface area (Å²) in [6.07, 6.45) is 6.66. The number of aromatic nitrogens is 2. The number of nitrogens with one attached hydrogen (secondary N) is 1. The zero-order valence-electron chi connectivity index (χ0n) is 17.4. The van der Waals surface area contributed by atoms with Crippen LogP contribution >= 0.6 is 0 Å². The van der Waals surface area contributed by atoms with Crippen molar-refractivity contribution in [2.45, 2.75) is 32.1 Å². The van der Waals surface area contributed by atoms with E-state index in [0.29, 0.717) is 43.5 Å². The molecule has 0 unspecified atom stereocenters. The van der Waals surface area contributed by atoms with Crippen molar-refractivity contribution in [2.24, 2.45) is 0 Å². The van der Waals surface area contributed by atoms with Gasteiger partial charge in [0.2, 0.25) is 5.91 Å². The van der Waals surface area contributed by atoms with Gasteiger partial charge in [0, 0.05) is 44.2 Å². The van der Waals surface area contributed by atoms with E-state index in [0.717, 1.165) is 30.5 Å². The Bertz CT molecular complexity index is 1090. The van der Waals surface area contributed by atoms with Gasteiger partial charge in [-0.3, -0.25) is 14.4 Å². The lowest BCUT2D eigenvalue weighted by molar-refractivity contribution is -0.127. The van der Waals surface area contributed by atoms with E-state index < -0.39 is 0 Å². The van der Waals surface area contributed by atoms with Crippen LogP contribution < -0.4 is 5.32 Å². The molecule has 0 radical (unpaired) electrons. The number of Topliss-reactive ketones (excluding diaryl/α,β-unsaturated/α-hetero) is 1. The first kappa shape index (κ1) is 20.8. The summed E-state index contributed by atoms with van der Waals surface area (Å²) in [4.78, 5) is 38.5. The van der Waals surface area contributed by atoms with E-state index in [-0.39, 0.29) is 17.6 Å². The molecule has 0 saturated carbocycles. The molecule has 31 heavy (non-hydrogen) atoms. The largest absolute Gasteiger partial charge is 0.352 e. The highest BCUT2D eigenvalue weighted by Gasteiger charge is 2.19. The molecule has 2 amide bonds. The molecule has 3 aromatic rings. The molecule has 4 rings (SSSR count). The van der Waals surface area contributed by atoms with E-state index in [1.807, 2.05) is 53.6 Å². The number of pyridine rings is 1. The molecule has 0 atom stereocenters. The summed E-state index contributed by atoms with van der Waals surface area (Å²) in [7, 11) is 0. The smallest absolute Gasteiger partial charge is 0.255 e. The average Bonchev–Trinajstić information content (AvgIpc) is 3.41. The number of likely N-dealkylation sites (tertiary alicyclic amines) is 1. The van der Waals surface area contributed by atoms with Gasteiger partial charge in [-0.25, -0.2) is 4.52 Å². The Morgan fingerprint density at radius 3 is 2.74 bits per heavy atom. The Morgan fingerprint density at radius 1 is 1.13 bits per heavy atom. The van der Waals surface area contributed by atoms with Crippen molar-refractivity contribution in [3.63, 3.8) is 0 Å². The lowest BCUT2D eigenvalue weighted by Gasteiger charge is -2.15. The lowest BCUT2D eigenvalue weighted by Crippen LogP contribution is -2.30. The van der Waals surface area contributed by atoms with E-state index in [1.54, 1.807) is 10.7 Å². The number of amides is 2. The fourth-order valence-electron chi connectivity index (χ4n) is 3.89. The van der Waals surface area contributed by atoms with Crippen molar-refractivity contribution in [3.05, 3.63) is 71.5 Å². The number of fused-ring (bicyclic) bond motifs is 1. The molecular formula is C24H26N4O3. The predicted octanol–water partition coefficient (Wildman–Crippen LogP) is 2.89. The fraction of sp³-hybridized carbons (Fsp3) is 0.333. The Morgan fingerprint density at radius 2 is 1.97 bits per heavy atom. The average molecular weight is 418 g/mol. The minimum atomic E-state index is -0.180. The monoisotopic (exact) mass is 418 g/mol. The Kier molecular flexibility index (Phi) is 6.40. The highest BCUT2D eigenvalue weighted by atomic mass is 16.2. The molecule has 0 spiro atoms. The number of nitrogens with zero attached hydrogens (tertiary/aromatic N) is 3. The predicted molar refractivity (Wildman–Crippen MR) is 117 cm³/mol. The highest BCUT2D eigenvalue weighted by molar-refractivity contribution is 6.00. The summed E-state index contributed by atoms with van der Waals surface area (Å²) in [5.41, 5.74) is 2.92. The first-order chi connectivity index (χ1) is 15.1. The molecule has 1 fully saturated rings. The van der Waals surface area contributed by atoms with Crippen molar-refractivity contribution in [3.8, 4) is 0 Å². The maximum Gasteiger partial charge on any atom is 0.255 e. The molecule has 1 aliphatic rings. The van der Waals surface area contributed by atoms with Crippen molar-refractivity contribution < 1.29 is 14.4 Å². The first-order valence-corrected chi connectivity index (χ1v) is 10.7. The summed E-state index contributed by atoms with van der Waals surface area (Å²) in [6.45, 7) is 2.00. The Balaban J connectivity index is 1.34. The summed E-state index contributed by atoms with van der Waals surface area (Å²) in [5.74, 6) is 0.121. The van der Waals surface area contributed by atoms with Gasteiger partial charge in [0.15, 0.2) is 5.78 Å². The number of carbonyl (C=O) groups is 3. The van der Waals surface area contributed by atoms with Crippen LogP contribution in [0, 0.1) is 0 Å². The van der Waals surface area contributed by atoms with E-state index in [4.69, 9.17) is 0 Å². The first-order valence-electron chi connectivity index (χ1n) is 10.7. The number of benzene rings is 1. The molecule has 160 valence electrons. The third kappa shape index (κ3) is 4.99. The van der Waals surface area contributed by atoms with Gasteiger partial charge in [-0.05, 0) is 37.0 Å². The van der Waals surface area contributed by atoms with Crippen LogP contribution in [0.3, 0.4) is 0 Å². The molecule has 1 aromatic carbocycles. The zero-order chi connectivity index (χ0) is 21.6. The highest BCUT2D eigenvalue weighted by Crippen LogP contribution is 2.15. The molecular weight excluding hydrogens is 392 g/mol. The van der Waals surface area contributed by atoms with Gasteiger partial charge in [-0.1, -0.05) is 30.3 Å². The zero-order valence-corrected chi connectivity index (χ0v) is 17.4. The second kappa shape index (κ2) is 9.55. The van der Waals surface area contributed by atoms with Crippen molar-refractivity contribution >= 4 is 23.1 Å². The van der Waals surface area contributed by atoms with Gasteiger partial charge < -0.3 is 10.2 Å². The molecule has 1 saturated heterocycles. The van der Waals surface area contributed by atoms with Gasteiger partial charge in [-0.15, -0.1) is 0 Å². The van der Waals surface area contributed by atoms with Gasteiger partial charge in [-0.2, -0.15) is 5.10 Å². The van der Waals surface area contributed by atoms with Gasteiger partial charge in [0.25, 0.3) is 5.91 Å². The second-order valence-electron chi connectivity index (χ2n) is 7.81. The number of aryl methyl sites for hydroxylation is 1. The van der Waals surface area contributed by atoms with Crippen LogP contribution in [0.2, 0.25) is 0 Å². The third-order valence-electron chi connectivity index (χ3n) is 5.63. The molecule has 3 heterocycles. The van der Waals surface area contributed by atoms with Gasteiger partial charge >= 0.3 is 0 Å². The van der Waals surface area contributed by atoms with Crippen LogP contribution in [0.1, 0.15) is 52.0 Å². The van der Waals surface area contributed by atoms with Crippen LogP contribution in [0.4, 0.5) is 0 Å². The SMILES string of the molecule is O=C(CCc1ccn2ncc(C(=O)NCCCN3CCCC3=O)c2c1)c1ccccc1. The van der Waals surface area contributed by atoms with Gasteiger partial charge in [0.1, 0.15) is 0 Å². The third-order valence-corrected chi connectivity index (χ3v) is 5.63. The topological polar surface area (TPSA) is 83.8 Å². The Hall–Kier alpha value is -3.48. The van der Waals surface area contributed by atoms with Crippen LogP contribution in [-0.2, 0) is 11.2 Å². The number of hydrogen-bond donors (Lipinski definition) is 1. The van der Waals surface area contributed by atoms with Crippen LogP contribution in [0.5, 0.6) is 0 Å². The maximum absolute atomic E-state index is 12.6. The number of ketones is 1. The van der Waals surface area contributed by atoms with Crippen molar-refractivity contribution in [1.82, 2.24) is 19.8 Å². The standard InChI is InChI=1S/C24H26N4O3/c29-22(19-6-2-1-3-7-19)10-9-18-11-15-28-21(16-18)20(17-26-28)24(31)25-12-5-14-27-13-4-8-23(27)30/h1-3,6-7,11,15-17H,4-5,8-10,12-14H2,(H,25,31). The normalized spacial score (nSPS) is 13.7. The van der Waals surface area contributed by atoms with Crippen LogP contribution in [0.15, 0.2) is 54.9 Å². The lowest BCUT2D eigenvalue weighted by atomic mass is 10.0. The Labute approximate surface area is 181 Å². The number of carbonyl (C=O) groups excluding carboxylic acids is 3. The summed E-state index contributed by atoms with van der Waals surface area (Å²) < 4.78 is 1.67. The van der Waals surface area contributed by atoms with Crippen LogP contribution in [0.25, 0.3) is 5.52 Å². The molecule has 0 aliphatic carbocycles. The van der Waals surface area contributed by atoms with Gasteiger partial charge in [0.05, 0.1) is 17.3 Å². The van der Waals surface area contributed by atoms with E-state index >= 15 is 0 Å². The minimum Gasteiger partial charge on any atom is -0.352 e. The van der Waals surface area contributed by atoms with Crippen molar-refractivity contribution in [2.75, 3.05) is 19.6 Å². The molecule has 7 heteroatoms. The fourth-order valence-corrected chi connectivity index (χ4v) is 3.89. The second-order valence-corrected chi connectivity index (χ2v) is 7.81. The molecule has 1 aliphatic heterocycles. The summed E-state index contributed by atoms with van der Waals surface area (Å²) >= 11 is 0. The quantitative estimate of drug-likeness (QED) is 0.428. The van der Waals surface area contributed by atoms with Crippen molar-refractivity contribution in [1.29, 1.82) is 0 Å². The van der Waals surface area contributed by atoms with E-state index in [9.17, 15) is 14.4 Å². The molecule has 0 bridgehead atoms. The minimum absolute atomic E-state index is 0.100. The summed E-state index contributed by atoms with van der Waals surface area (Å²) in [6, 6.07) is 13.1. The van der Waals surface area contributed by atoms with E-state index in [2.05, 4.69) is 10.4 Å². The number of hydrogen-bond acceptors (Lipinski definition) is 4. The van der Waals surface area contributed by atoms with Crippen LogP contribution in [-0.4, -0.2) is 51.7 Å². The maximum atomic E-state index is 12.6. The van der Waals surface area contributed by atoms with E-state index in [1.165, 1.54) is 0 Å². The number of rotatable bonds is 9. The molecule has 1 N–H and O–H groups in total.